The number of nitrogens with zero attached hydrogens (tertiary/aromatic N) is 2. The lowest BCUT2D eigenvalue weighted by Crippen LogP contribution is -2.38. The number of piperidine rings is 1. The van der Waals surface area contributed by atoms with Gasteiger partial charge in [0.15, 0.2) is 5.58 Å². The van der Waals surface area contributed by atoms with Crippen molar-refractivity contribution >= 4 is 16.8 Å². The topological polar surface area (TPSA) is 55.3 Å². The molecule has 2 heterocycles. The standard InChI is InChI=1S/C16H23N3O/c1-2-5-13-6-3-4-9-19(13)11-16-18-14-8-7-12(17)10-15(14)20-16/h7-8,10,13H,2-6,9,11,17H2,1H3. The molecule has 0 radical (unpaired) electrons. The lowest BCUT2D eigenvalue weighted by molar-refractivity contribution is 0.121. The molecule has 1 aliphatic heterocycles. The SMILES string of the molecule is CCCC1CCCCN1Cc1nc2ccc(N)cc2o1. The fourth-order valence-corrected chi connectivity index (χ4v) is 3.16. The number of anilines is 1. The van der Waals surface area contributed by atoms with Gasteiger partial charge in [0, 0.05) is 17.8 Å². The van der Waals surface area contributed by atoms with Crippen LogP contribution in [0.3, 0.4) is 0 Å². The predicted molar refractivity (Wildman–Crippen MR) is 81.4 cm³/mol. The molecule has 4 nitrogen and oxygen atoms in total. The van der Waals surface area contributed by atoms with Crippen LogP contribution in [0.25, 0.3) is 11.1 Å². The van der Waals surface area contributed by atoms with E-state index >= 15 is 0 Å². The van der Waals surface area contributed by atoms with Gasteiger partial charge in [-0.15, -0.1) is 0 Å². The van der Waals surface area contributed by atoms with Crippen LogP contribution in [-0.4, -0.2) is 22.5 Å². The Labute approximate surface area is 120 Å². The van der Waals surface area contributed by atoms with E-state index in [4.69, 9.17) is 10.2 Å². The lowest BCUT2D eigenvalue weighted by atomic mass is 9.98. The smallest absolute Gasteiger partial charge is 0.209 e. The fourth-order valence-electron chi connectivity index (χ4n) is 3.16. The molecule has 0 aliphatic carbocycles. The Kier molecular flexibility index (Phi) is 3.92. The number of aromatic nitrogens is 1. The summed E-state index contributed by atoms with van der Waals surface area (Å²) in [6.45, 7) is 4.24. The Balaban J connectivity index is 1.77. The van der Waals surface area contributed by atoms with Crippen molar-refractivity contribution in [2.45, 2.75) is 51.6 Å². The first kappa shape index (κ1) is 13.4. The van der Waals surface area contributed by atoms with E-state index in [2.05, 4.69) is 16.8 Å². The number of rotatable bonds is 4. The van der Waals surface area contributed by atoms with Gasteiger partial charge in [-0.2, -0.15) is 0 Å². The highest BCUT2D eigenvalue weighted by atomic mass is 16.3. The van der Waals surface area contributed by atoms with Crippen LogP contribution < -0.4 is 5.73 Å². The molecule has 1 aromatic heterocycles. The van der Waals surface area contributed by atoms with Crippen LogP contribution in [0, 0.1) is 0 Å². The summed E-state index contributed by atoms with van der Waals surface area (Å²) in [6.07, 6.45) is 6.46. The second-order valence-corrected chi connectivity index (χ2v) is 5.74. The van der Waals surface area contributed by atoms with E-state index in [9.17, 15) is 0 Å². The van der Waals surface area contributed by atoms with E-state index < -0.39 is 0 Å². The number of oxazole rings is 1. The van der Waals surface area contributed by atoms with Crippen molar-refractivity contribution in [2.75, 3.05) is 12.3 Å². The molecule has 1 aromatic carbocycles. The molecule has 0 amide bonds. The lowest BCUT2D eigenvalue weighted by Gasteiger charge is -2.34. The molecule has 1 fully saturated rings. The van der Waals surface area contributed by atoms with Gasteiger partial charge in [-0.25, -0.2) is 4.98 Å². The Morgan fingerprint density at radius 2 is 2.30 bits per heavy atom. The molecule has 1 atom stereocenters. The summed E-state index contributed by atoms with van der Waals surface area (Å²) in [5, 5.41) is 0. The largest absolute Gasteiger partial charge is 0.439 e. The van der Waals surface area contributed by atoms with Crippen LogP contribution in [0.4, 0.5) is 5.69 Å². The predicted octanol–water partition coefficient (Wildman–Crippen LogP) is 3.56. The normalized spacial score (nSPS) is 20.6. The maximum absolute atomic E-state index is 5.85. The van der Waals surface area contributed by atoms with Crippen molar-refractivity contribution in [3.05, 3.63) is 24.1 Å². The van der Waals surface area contributed by atoms with E-state index in [0.717, 1.165) is 35.8 Å². The summed E-state index contributed by atoms with van der Waals surface area (Å²) in [7, 11) is 0. The van der Waals surface area contributed by atoms with Gasteiger partial charge < -0.3 is 10.2 Å². The number of benzene rings is 1. The monoisotopic (exact) mass is 273 g/mol. The van der Waals surface area contributed by atoms with E-state index in [1.807, 2.05) is 18.2 Å². The average Bonchev–Trinajstić information content (AvgIpc) is 2.82. The fraction of sp³-hybridized carbons (Fsp3) is 0.562. The highest BCUT2D eigenvalue weighted by molar-refractivity contribution is 5.76. The van der Waals surface area contributed by atoms with Gasteiger partial charge in [0.05, 0.1) is 6.54 Å². The maximum atomic E-state index is 5.85. The van der Waals surface area contributed by atoms with Gasteiger partial charge in [0.25, 0.3) is 0 Å². The minimum absolute atomic E-state index is 0.689. The maximum Gasteiger partial charge on any atom is 0.209 e. The molecular weight excluding hydrogens is 250 g/mol. The Morgan fingerprint density at radius 3 is 3.15 bits per heavy atom. The zero-order chi connectivity index (χ0) is 13.9. The third kappa shape index (κ3) is 2.80. The van der Waals surface area contributed by atoms with Crippen molar-refractivity contribution in [3.8, 4) is 0 Å². The first-order valence-electron chi connectivity index (χ1n) is 7.65. The van der Waals surface area contributed by atoms with Crippen molar-refractivity contribution < 1.29 is 4.42 Å². The van der Waals surface area contributed by atoms with Crippen LogP contribution >= 0.6 is 0 Å². The van der Waals surface area contributed by atoms with Gasteiger partial charge in [0.2, 0.25) is 5.89 Å². The number of nitrogens with two attached hydrogens (primary N) is 1. The number of likely N-dealkylation sites (tertiary alicyclic amines) is 1. The molecule has 108 valence electrons. The third-order valence-corrected chi connectivity index (χ3v) is 4.17. The minimum Gasteiger partial charge on any atom is -0.439 e. The number of fused-ring (bicyclic) bond motifs is 1. The average molecular weight is 273 g/mol. The molecule has 0 spiro atoms. The second-order valence-electron chi connectivity index (χ2n) is 5.74. The molecule has 1 aliphatic rings. The van der Waals surface area contributed by atoms with Gasteiger partial charge in [-0.1, -0.05) is 19.8 Å². The number of hydrogen-bond donors (Lipinski definition) is 1. The molecule has 1 saturated heterocycles. The Bertz CT molecular complexity index is 576. The molecule has 2 N–H and O–H groups in total. The Morgan fingerprint density at radius 1 is 1.40 bits per heavy atom. The van der Waals surface area contributed by atoms with Crippen LogP contribution in [-0.2, 0) is 6.54 Å². The van der Waals surface area contributed by atoms with Crippen LogP contribution in [0.15, 0.2) is 22.6 Å². The van der Waals surface area contributed by atoms with Gasteiger partial charge in [0.1, 0.15) is 5.52 Å². The van der Waals surface area contributed by atoms with E-state index in [1.165, 1.54) is 32.1 Å². The molecule has 0 saturated carbocycles. The van der Waals surface area contributed by atoms with Crippen LogP contribution in [0.5, 0.6) is 0 Å². The second kappa shape index (κ2) is 5.83. The quantitative estimate of drug-likeness (QED) is 0.865. The summed E-state index contributed by atoms with van der Waals surface area (Å²) >= 11 is 0. The van der Waals surface area contributed by atoms with Crippen molar-refractivity contribution in [3.63, 3.8) is 0 Å². The summed E-state index contributed by atoms with van der Waals surface area (Å²) < 4.78 is 5.85. The molecule has 2 aromatic rings. The molecule has 1 unspecified atom stereocenters. The molecule has 0 bridgehead atoms. The molecule has 3 rings (SSSR count). The summed E-state index contributed by atoms with van der Waals surface area (Å²) in [6, 6.07) is 6.34. The molecular formula is C16H23N3O. The number of hydrogen-bond acceptors (Lipinski definition) is 4. The first-order chi connectivity index (χ1) is 9.76. The summed E-state index contributed by atoms with van der Waals surface area (Å²) in [5.74, 6) is 0.814. The molecule has 20 heavy (non-hydrogen) atoms. The van der Waals surface area contributed by atoms with Gasteiger partial charge >= 0.3 is 0 Å². The zero-order valence-electron chi connectivity index (χ0n) is 12.1. The van der Waals surface area contributed by atoms with Gasteiger partial charge in [-0.3, -0.25) is 4.90 Å². The van der Waals surface area contributed by atoms with E-state index in [1.54, 1.807) is 0 Å². The van der Waals surface area contributed by atoms with Crippen LogP contribution in [0.1, 0.15) is 44.9 Å². The zero-order valence-corrected chi connectivity index (χ0v) is 12.1. The number of nitrogen functional groups attached to an aromatic ring is 1. The highest BCUT2D eigenvalue weighted by Gasteiger charge is 2.23. The van der Waals surface area contributed by atoms with Crippen molar-refractivity contribution in [1.29, 1.82) is 0 Å². The first-order valence-corrected chi connectivity index (χ1v) is 7.65. The van der Waals surface area contributed by atoms with Gasteiger partial charge in [-0.05, 0) is 37.9 Å². The summed E-state index contributed by atoms with van der Waals surface area (Å²) in [5.41, 5.74) is 8.20. The summed E-state index contributed by atoms with van der Waals surface area (Å²) in [4.78, 5) is 7.11. The Hall–Kier alpha value is -1.55. The van der Waals surface area contributed by atoms with Crippen molar-refractivity contribution in [1.82, 2.24) is 9.88 Å². The van der Waals surface area contributed by atoms with E-state index in [-0.39, 0.29) is 0 Å². The molecule has 4 heteroatoms. The van der Waals surface area contributed by atoms with Crippen LogP contribution in [0.2, 0.25) is 0 Å². The van der Waals surface area contributed by atoms with E-state index in [0.29, 0.717) is 6.04 Å². The highest BCUT2D eigenvalue weighted by Crippen LogP contribution is 2.24. The minimum atomic E-state index is 0.689. The third-order valence-electron chi connectivity index (χ3n) is 4.17. The van der Waals surface area contributed by atoms with Crippen molar-refractivity contribution in [2.24, 2.45) is 0 Å².